The molecule has 0 fully saturated rings. The van der Waals surface area contributed by atoms with E-state index in [9.17, 15) is 4.79 Å². The van der Waals surface area contributed by atoms with Crippen LogP contribution in [0, 0.1) is 20.8 Å². The second kappa shape index (κ2) is 7.76. The first-order chi connectivity index (χ1) is 12.8. The van der Waals surface area contributed by atoms with Crippen molar-refractivity contribution in [3.63, 3.8) is 0 Å². The second-order valence-electron chi connectivity index (χ2n) is 6.90. The van der Waals surface area contributed by atoms with Crippen molar-refractivity contribution in [3.8, 4) is 11.4 Å². The number of furan rings is 1. The minimum Gasteiger partial charge on any atom is -0.469 e. The normalized spacial score (nSPS) is 11.5. The van der Waals surface area contributed by atoms with Gasteiger partial charge in [0.15, 0.2) is 16.8 Å². The van der Waals surface area contributed by atoms with E-state index < -0.39 is 0 Å². The molecule has 0 unspecified atom stereocenters. The smallest absolute Gasteiger partial charge is 0.191 e. The number of carbonyl (C=O) groups is 1. The van der Waals surface area contributed by atoms with Crippen molar-refractivity contribution in [1.29, 1.82) is 0 Å². The Morgan fingerprint density at radius 1 is 1.26 bits per heavy atom. The third-order valence-electron chi connectivity index (χ3n) is 4.77. The van der Waals surface area contributed by atoms with Gasteiger partial charge in [0.25, 0.3) is 0 Å². The Labute approximate surface area is 164 Å². The van der Waals surface area contributed by atoms with E-state index in [1.807, 2.05) is 44.4 Å². The molecule has 0 aliphatic heterocycles. The van der Waals surface area contributed by atoms with Crippen LogP contribution >= 0.6 is 11.8 Å². The van der Waals surface area contributed by atoms with E-state index in [1.165, 1.54) is 11.8 Å². The molecule has 0 spiro atoms. The minimum atomic E-state index is 0.117. The molecule has 0 aliphatic rings. The zero-order chi connectivity index (χ0) is 19.7. The fourth-order valence-corrected chi connectivity index (χ4v) is 4.44. The van der Waals surface area contributed by atoms with Crippen LogP contribution in [0.1, 0.15) is 54.3 Å². The van der Waals surface area contributed by atoms with E-state index in [0.717, 1.165) is 45.8 Å². The van der Waals surface area contributed by atoms with Gasteiger partial charge in [0, 0.05) is 29.5 Å². The van der Waals surface area contributed by atoms with Crippen LogP contribution in [0.4, 0.5) is 0 Å². The summed E-state index contributed by atoms with van der Waals surface area (Å²) in [5.41, 5.74) is 3.87. The van der Waals surface area contributed by atoms with Crippen LogP contribution in [0.5, 0.6) is 0 Å². The molecular formula is C20H26N4O2S. The summed E-state index contributed by atoms with van der Waals surface area (Å²) < 4.78 is 9.61. The third-order valence-corrected chi connectivity index (χ3v) is 5.73. The predicted molar refractivity (Wildman–Crippen MR) is 107 cm³/mol. The second-order valence-corrected chi connectivity index (χ2v) is 7.84. The fraction of sp³-hybridized carbons (Fsp3) is 0.450. The zero-order valence-corrected chi connectivity index (χ0v) is 17.6. The molecule has 0 saturated carbocycles. The van der Waals surface area contributed by atoms with Crippen LogP contribution in [-0.2, 0) is 6.54 Å². The van der Waals surface area contributed by atoms with Gasteiger partial charge in [-0.3, -0.25) is 4.79 Å². The van der Waals surface area contributed by atoms with E-state index in [0.29, 0.717) is 11.8 Å². The van der Waals surface area contributed by atoms with E-state index >= 15 is 0 Å². The quantitative estimate of drug-likeness (QED) is 0.429. The lowest BCUT2D eigenvalue weighted by atomic mass is 10.2. The molecule has 0 aliphatic carbocycles. The third kappa shape index (κ3) is 3.60. The summed E-state index contributed by atoms with van der Waals surface area (Å²) in [6.07, 6.45) is 1.65. The highest BCUT2D eigenvalue weighted by Gasteiger charge is 2.20. The first-order valence-corrected chi connectivity index (χ1v) is 10.2. The number of ketones is 1. The van der Waals surface area contributed by atoms with Gasteiger partial charge in [0.1, 0.15) is 5.76 Å². The highest BCUT2D eigenvalue weighted by molar-refractivity contribution is 7.99. The van der Waals surface area contributed by atoms with Crippen LogP contribution in [0.25, 0.3) is 11.4 Å². The summed E-state index contributed by atoms with van der Waals surface area (Å²) in [4.78, 5) is 12.8. The topological polar surface area (TPSA) is 65.8 Å². The van der Waals surface area contributed by atoms with Gasteiger partial charge < -0.3 is 13.6 Å². The molecule has 3 heterocycles. The molecule has 0 radical (unpaired) electrons. The molecule has 3 aromatic heterocycles. The van der Waals surface area contributed by atoms with Crippen molar-refractivity contribution < 1.29 is 9.21 Å². The molecule has 0 atom stereocenters. The molecule has 144 valence electrons. The maximum absolute atomic E-state index is 12.8. The Hall–Kier alpha value is -2.28. The zero-order valence-electron chi connectivity index (χ0n) is 16.7. The van der Waals surface area contributed by atoms with Crippen LogP contribution in [-0.4, -0.2) is 30.9 Å². The minimum absolute atomic E-state index is 0.117. The van der Waals surface area contributed by atoms with Gasteiger partial charge in [-0.05, 0) is 53.7 Å². The molecular weight excluding hydrogens is 360 g/mol. The maximum atomic E-state index is 12.8. The van der Waals surface area contributed by atoms with Gasteiger partial charge in [0.05, 0.1) is 17.6 Å². The lowest BCUT2D eigenvalue weighted by Gasteiger charge is -2.13. The number of Topliss-reactive ketones (excluding diaryl/α,β-unsaturated/α-hetero) is 1. The Morgan fingerprint density at radius 2 is 2.00 bits per heavy atom. The molecule has 0 saturated heterocycles. The molecule has 27 heavy (non-hydrogen) atoms. The first-order valence-electron chi connectivity index (χ1n) is 9.17. The van der Waals surface area contributed by atoms with E-state index in [4.69, 9.17) is 4.42 Å². The van der Waals surface area contributed by atoms with Crippen LogP contribution < -0.4 is 0 Å². The Balaban J connectivity index is 1.80. The van der Waals surface area contributed by atoms with Crippen LogP contribution in [0.2, 0.25) is 0 Å². The summed E-state index contributed by atoms with van der Waals surface area (Å²) >= 11 is 1.43. The molecule has 7 heteroatoms. The van der Waals surface area contributed by atoms with Crippen molar-refractivity contribution >= 4 is 17.5 Å². The van der Waals surface area contributed by atoms with Crippen LogP contribution in [0.15, 0.2) is 28.0 Å². The summed E-state index contributed by atoms with van der Waals surface area (Å²) in [6.45, 7) is 13.0. The number of rotatable bonds is 7. The predicted octanol–water partition coefficient (Wildman–Crippen LogP) is 4.84. The fourth-order valence-electron chi connectivity index (χ4n) is 3.56. The monoisotopic (exact) mass is 386 g/mol. The lowest BCUT2D eigenvalue weighted by Crippen LogP contribution is -2.09. The van der Waals surface area contributed by atoms with Crippen molar-refractivity contribution in [2.75, 3.05) is 5.75 Å². The largest absolute Gasteiger partial charge is 0.469 e. The SMILES string of the molecule is CCn1c(SCC(=O)c2cc(C)n(C(C)C)c2C)nnc1-c1ccoc1C. The summed E-state index contributed by atoms with van der Waals surface area (Å²) in [6, 6.07) is 4.22. The van der Waals surface area contributed by atoms with Gasteiger partial charge in [-0.25, -0.2) is 0 Å². The molecule has 3 rings (SSSR count). The number of hydrogen-bond acceptors (Lipinski definition) is 5. The lowest BCUT2D eigenvalue weighted by molar-refractivity contribution is 0.102. The molecule has 0 aromatic carbocycles. The highest BCUT2D eigenvalue weighted by Crippen LogP contribution is 2.28. The number of nitrogens with zero attached hydrogens (tertiary/aromatic N) is 4. The number of aryl methyl sites for hydroxylation is 2. The van der Waals surface area contributed by atoms with E-state index in [1.54, 1.807) is 6.26 Å². The number of hydrogen-bond donors (Lipinski definition) is 0. The van der Waals surface area contributed by atoms with Gasteiger partial charge >= 0.3 is 0 Å². The van der Waals surface area contributed by atoms with Crippen molar-refractivity contribution in [2.45, 2.75) is 59.3 Å². The Bertz CT molecular complexity index is 965. The van der Waals surface area contributed by atoms with E-state index in [2.05, 4.69) is 28.6 Å². The molecule has 0 N–H and O–H groups in total. The number of carbonyl (C=O) groups excluding carboxylic acids is 1. The van der Waals surface area contributed by atoms with Gasteiger partial charge in [-0.15, -0.1) is 10.2 Å². The van der Waals surface area contributed by atoms with Crippen molar-refractivity contribution in [3.05, 3.63) is 41.1 Å². The Morgan fingerprint density at radius 3 is 2.56 bits per heavy atom. The molecule has 3 aromatic rings. The van der Waals surface area contributed by atoms with Crippen molar-refractivity contribution in [2.24, 2.45) is 0 Å². The summed E-state index contributed by atoms with van der Waals surface area (Å²) in [5.74, 6) is 2.04. The number of thioether (sulfide) groups is 1. The van der Waals surface area contributed by atoms with Crippen LogP contribution in [0.3, 0.4) is 0 Å². The van der Waals surface area contributed by atoms with E-state index in [-0.39, 0.29) is 5.78 Å². The number of aromatic nitrogens is 4. The average Bonchev–Trinajstić information content (AvgIpc) is 3.29. The molecule has 0 bridgehead atoms. The molecule has 0 amide bonds. The summed E-state index contributed by atoms with van der Waals surface area (Å²) in [5, 5.41) is 9.37. The standard InChI is InChI=1S/C20H26N4O2S/c1-7-23-19(16-8-9-26-15(16)6)21-22-20(23)27-11-18(25)17-10-13(4)24(12(2)3)14(17)5/h8-10,12H,7,11H2,1-6H3. The highest BCUT2D eigenvalue weighted by atomic mass is 32.2. The average molecular weight is 387 g/mol. The molecule has 6 nitrogen and oxygen atoms in total. The Kier molecular flexibility index (Phi) is 5.60. The first kappa shape index (κ1) is 19.5. The van der Waals surface area contributed by atoms with Gasteiger partial charge in [0.2, 0.25) is 0 Å². The van der Waals surface area contributed by atoms with Gasteiger partial charge in [-0.2, -0.15) is 0 Å². The summed E-state index contributed by atoms with van der Waals surface area (Å²) in [7, 11) is 0. The van der Waals surface area contributed by atoms with Gasteiger partial charge in [-0.1, -0.05) is 11.8 Å². The van der Waals surface area contributed by atoms with Crippen molar-refractivity contribution in [1.82, 2.24) is 19.3 Å². The maximum Gasteiger partial charge on any atom is 0.191 e.